The molecular weight excluding hydrogens is 152 g/mol. The molecular formula is C9H22OSi. The van der Waals surface area contributed by atoms with E-state index in [4.69, 9.17) is 4.43 Å². The van der Waals surface area contributed by atoms with Crippen LogP contribution in [0.4, 0.5) is 0 Å². The fourth-order valence-electron chi connectivity index (χ4n) is 1.20. The van der Waals surface area contributed by atoms with Crippen molar-refractivity contribution in [1.82, 2.24) is 0 Å². The summed E-state index contributed by atoms with van der Waals surface area (Å²) < 4.78 is 5.59. The first-order valence-corrected chi connectivity index (χ1v) is 5.24. The highest BCUT2D eigenvalue weighted by atomic mass is 28.2. The van der Waals surface area contributed by atoms with Crippen LogP contribution in [0.1, 0.15) is 47.5 Å². The van der Waals surface area contributed by atoms with Gasteiger partial charge in [0.1, 0.15) is 10.5 Å². The summed E-state index contributed by atoms with van der Waals surface area (Å²) in [4.78, 5) is 0. The van der Waals surface area contributed by atoms with Gasteiger partial charge in [-0.05, 0) is 25.7 Å². The van der Waals surface area contributed by atoms with E-state index in [2.05, 4.69) is 34.6 Å². The second-order valence-electron chi connectivity index (χ2n) is 4.35. The van der Waals surface area contributed by atoms with Gasteiger partial charge in [0.05, 0.1) is 5.60 Å². The van der Waals surface area contributed by atoms with E-state index in [0.717, 1.165) is 10.5 Å². The Bertz CT molecular complexity index is 119. The van der Waals surface area contributed by atoms with Crippen molar-refractivity contribution in [2.75, 3.05) is 0 Å². The van der Waals surface area contributed by atoms with Crippen LogP contribution in [0.5, 0.6) is 0 Å². The van der Waals surface area contributed by atoms with E-state index in [-0.39, 0.29) is 5.60 Å². The SMILES string of the molecule is CCCC(C)(C)C(C)(C)O[SiH3]. The van der Waals surface area contributed by atoms with Gasteiger partial charge in [-0.2, -0.15) is 0 Å². The average molecular weight is 174 g/mol. The Morgan fingerprint density at radius 3 is 1.91 bits per heavy atom. The third kappa shape index (κ3) is 2.60. The number of hydrogen-bond acceptors (Lipinski definition) is 1. The van der Waals surface area contributed by atoms with Gasteiger partial charge in [-0.3, -0.25) is 0 Å². The fourth-order valence-corrected chi connectivity index (χ4v) is 1.75. The zero-order valence-electron chi connectivity index (χ0n) is 8.82. The Labute approximate surface area is 74.1 Å². The highest BCUT2D eigenvalue weighted by molar-refractivity contribution is 5.98. The van der Waals surface area contributed by atoms with E-state index in [1.54, 1.807) is 0 Å². The van der Waals surface area contributed by atoms with E-state index in [0.29, 0.717) is 5.41 Å². The first-order chi connectivity index (χ1) is 4.87. The van der Waals surface area contributed by atoms with Crippen LogP contribution >= 0.6 is 0 Å². The molecule has 0 N–H and O–H groups in total. The zero-order valence-corrected chi connectivity index (χ0v) is 10.8. The van der Waals surface area contributed by atoms with Crippen molar-refractivity contribution in [1.29, 1.82) is 0 Å². The van der Waals surface area contributed by atoms with Gasteiger partial charge in [-0.1, -0.05) is 27.2 Å². The van der Waals surface area contributed by atoms with E-state index < -0.39 is 0 Å². The number of rotatable bonds is 4. The van der Waals surface area contributed by atoms with Crippen LogP contribution in [0.2, 0.25) is 0 Å². The molecule has 0 radical (unpaired) electrons. The van der Waals surface area contributed by atoms with E-state index in [1.807, 2.05) is 0 Å². The predicted molar refractivity (Wildman–Crippen MR) is 53.8 cm³/mol. The van der Waals surface area contributed by atoms with Crippen LogP contribution in [0.15, 0.2) is 0 Å². The third-order valence-corrected chi connectivity index (χ3v) is 4.04. The summed E-state index contributed by atoms with van der Waals surface area (Å²) in [6, 6.07) is 0. The van der Waals surface area contributed by atoms with Crippen LogP contribution in [0, 0.1) is 5.41 Å². The first kappa shape index (κ1) is 11.2. The van der Waals surface area contributed by atoms with Gasteiger partial charge >= 0.3 is 0 Å². The molecule has 0 heterocycles. The highest BCUT2D eigenvalue weighted by Crippen LogP contribution is 2.36. The lowest BCUT2D eigenvalue weighted by atomic mass is 9.74. The molecule has 68 valence electrons. The summed E-state index contributed by atoms with van der Waals surface area (Å²) >= 11 is 0. The van der Waals surface area contributed by atoms with Gasteiger partial charge in [0, 0.05) is 0 Å². The summed E-state index contributed by atoms with van der Waals surface area (Å²) in [7, 11) is 0.835. The first-order valence-electron chi connectivity index (χ1n) is 4.42. The van der Waals surface area contributed by atoms with Crippen molar-refractivity contribution in [2.24, 2.45) is 5.41 Å². The smallest absolute Gasteiger partial charge is 0.146 e. The number of hydrogen-bond donors (Lipinski definition) is 0. The summed E-state index contributed by atoms with van der Waals surface area (Å²) in [6.45, 7) is 11.2. The van der Waals surface area contributed by atoms with Crippen molar-refractivity contribution in [3.05, 3.63) is 0 Å². The van der Waals surface area contributed by atoms with Crippen molar-refractivity contribution in [3.8, 4) is 0 Å². The summed E-state index contributed by atoms with van der Waals surface area (Å²) in [6.07, 6.45) is 2.48. The topological polar surface area (TPSA) is 9.23 Å². The molecule has 0 aliphatic heterocycles. The van der Waals surface area contributed by atoms with Gasteiger partial charge in [0.25, 0.3) is 0 Å². The second-order valence-corrected chi connectivity index (χ2v) is 4.76. The maximum absolute atomic E-state index is 5.59. The minimum atomic E-state index is 0.0508. The van der Waals surface area contributed by atoms with Crippen molar-refractivity contribution in [3.63, 3.8) is 0 Å². The molecule has 0 atom stereocenters. The molecule has 2 heteroatoms. The molecule has 0 amide bonds. The molecule has 0 aromatic carbocycles. The molecule has 0 aliphatic rings. The second kappa shape index (κ2) is 3.72. The summed E-state index contributed by atoms with van der Waals surface area (Å²) in [5.41, 5.74) is 0.360. The van der Waals surface area contributed by atoms with Crippen molar-refractivity contribution < 1.29 is 4.43 Å². The minimum Gasteiger partial charge on any atom is -0.422 e. The standard InChI is InChI=1S/C9H22OSi/c1-6-7-8(2,3)9(4,5)10-11/h6-7H2,1-5,11H3. The van der Waals surface area contributed by atoms with E-state index >= 15 is 0 Å². The Morgan fingerprint density at radius 1 is 1.18 bits per heavy atom. The van der Waals surface area contributed by atoms with E-state index in [1.165, 1.54) is 12.8 Å². The highest BCUT2D eigenvalue weighted by Gasteiger charge is 2.35. The predicted octanol–water partition coefficient (Wildman–Crippen LogP) is 1.89. The third-order valence-electron chi connectivity index (χ3n) is 3.02. The summed E-state index contributed by atoms with van der Waals surface area (Å²) in [5.74, 6) is 0. The zero-order chi connectivity index (χ0) is 9.12. The van der Waals surface area contributed by atoms with Crippen LogP contribution in [-0.4, -0.2) is 16.1 Å². The Morgan fingerprint density at radius 2 is 1.64 bits per heavy atom. The molecule has 0 saturated carbocycles. The normalized spacial score (nSPS) is 13.9. The molecule has 0 fully saturated rings. The van der Waals surface area contributed by atoms with E-state index in [9.17, 15) is 0 Å². The summed E-state index contributed by atoms with van der Waals surface area (Å²) in [5, 5.41) is 0. The maximum Gasteiger partial charge on any atom is 0.146 e. The maximum atomic E-state index is 5.59. The molecule has 0 unspecified atom stereocenters. The Hall–Kier alpha value is 0.177. The quantitative estimate of drug-likeness (QED) is 0.591. The van der Waals surface area contributed by atoms with Crippen LogP contribution in [-0.2, 0) is 4.43 Å². The van der Waals surface area contributed by atoms with Crippen molar-refractivity contribution in [2.45, 2.75) is 53.1 Å². The molecule has 0 saturated heterocycles. The molecule has 0 spiro atoms. The minimum absolute atomic E-state index is 0.0508. The lowest BCUT2D eigenvalue weighted by molar-refractivity contribution is -0.00993. The van der Waals surface area contributed by atoms with Gasteiger partial charge in [0.2, 0.25) is 0 Å². The Balaban J connectivity index is 4.26. The van der Waals surface area contributed by atoms with Crippen LogP contribution in [0.3, 0.4) is 0 Å². The lowest BCUT2D eigenvalue weighted by Gasteiger charge is -2.41. The van der Waals surface area contributed by atoms with Gasteiger partial charge in [-0.25, -0.2) is 0 Å². The molecule has 1 nitrogen and oxygen atoms in total. The largest absolute Gasteiger partial charge is 0.422 e. The van der Waals surface area contributed by atoms with Crippen LogP contribution < -0.4 is 0 Å². The van der Waals surface area contributed by atoms with Gasteiger partial charge in [0.15, 0.2) is 0 Å². The van der Waals surface area contributed by atoms with Gasteiger partial charge < -0.3 is 4.43 Å². The molecule has 0 bridgehead atoms. The van der Waals surface area contributed by atoms with Gasteiger partial charge in [-0.15, -0.1) is 0 Å². The molecule has 0 aromatic rings. The molecule has 11 heavy (non-hydrogen) atoms. The fraction of sp³-hybridized carbons (Fsp3) is 1.00. The molecule has 0 rings (SSSR count). The molecule has 0 aromatic heterocycles. The van der Waals surface area contributed by atoms with Crippen LogP contribution in [0.25, 0.3) is 0 Å². The monoisotopic (exact) mass is 174 g/mol. The van der Waals surface area contributed by atoms with Crippen molar-refractivity contribution >= 4 is 10.5 Å². The molecule has 0 aliphatic carbocycles. The Kier molecular flexibility index (Phi) is 3.78. The average Bonchev–Trinajstić information content (AvgIpc) is 1.87. The lowest BCUT2D eigenvalue weighted by Crippen LogP contribution is -2.40.